The van der Waals surface area contributed by atoms with Gasteiger partial charge < -0.3 is 19.5 Å². The van der Waals surface area contributed by atoms with Gasteiger partial charge in [0, 0.05) is 11.8 Å². The standard InChI is InChI=1S/C22H24ClNO5/c1-5-28-19-13-16(12-18(23)21(19)27-4)8-11-20(25)29-15(3)22(26)24-17-9-6-14(2)7-10-17/h6-13,15H,5H2,1-4H3,(H,24,26)/b11-8+/t15-/m0/s1. The van der Waals surface area contributed by atoms with Gasteiger partial charge in [0.1, 0.15) is 0 Å². The van der Waals surface area contributed by atoms with E-state index in [0.29, 0.717) is 34.4 Å². The van der Waals surface area contributed by atoms with E-state index in [9.17, 15) is 9.59 Å². The van der Waals surface area contributed by atoms with Crippen LogP contribution < -0.4 is 14.8 Å². The highest BCUT2D eigenvalue weighted by atomic mass is 35.5. The minimum Gasteiger partial charge on any atom is -0.491 e. The van der Waals surface area contributed by atoms with Crippen LogP contribution in [0.25, 0.3) is 6.08 Å². The van der Waals surface area contributed by atoms with Crippen molar-refractivity contribution in [1.29, 1.82) is 0 Å². The highest BCUT2D eigenvalue weighted by molar-refractivity contribution is 6.32. The predicted octanol–water partition coefficient (Wildman–Crippen LogP) is 4.64. The molecule has 154 valence electrons. The van der Waals surface area contributed by atoms with Gasteiger partial charge in [0.25, 0.3) is 5.91 Å². The van der Waals surface area contributed by atoms with Crippen LogP contribution >= 0.6 is 11.6 Å². The Hall–Kier alpha value is -2.99. The number of methoxy groups -OCH3 is 1. The van der Waals surface area contributed by atoms with E-state index in [1.54, 1.807) is 24.3 Å². The number of carbonyl (C=O) groups is 2. The number of carbonyl (C=O) groups excluding carboxylic acids is 2. The van der Waals surface area contributed by atoms with Crippen molar-refractivity contribution < 1.29 is 23.8 Å². The van der Waals surface area contributed by atoms with Crippen molar-refractivity contribution in [2.45, 2.75) is 26.9 Å². The van der Waals surface area contributed by atoms with Gasteiger partial charge in [-0.2, -0.15) is 0 Å². The van der Waals surface area contributed by atoms with E-state index in [0.717, 1.165) is 5.56 Å². The quantitative estimate of drug-likeness (QED) is 0.500. The Kier molecular flexibility index (Phi) is 8.09. The van der Waals surface area contributed by atoms with Gasteiger partial charge in [-0.3, -0.25) is 4.79 Å². The summed E-state index contributed by atoms with van der Waals surface area (Å²) in [5, 5.41) is 3.06. The molecule has 2 aromatic carbocycles. The second-order valence-electron chi connectivity index (χ2n) is 6.23. The third-order valence-corrected chi connectivity index (χ3v) is 4.21. The van der Waals surface area contributed by atoms with Gasteiger partial charge in [-0.1, -0.05) is 29.3 Å². The molecule has 0 unspecified atom stereocenters. The molecule has 2 rings (SSSR count). The normalized spacial score (nSPS) is 11.8. The molecule has 0 fully saturated rings. The van der Waals surface area contributed by atoms with Gasteiger partial charge in [-0.15, -0.1) is 0 Å². The van der Waals surface area contributed by atoms with Crippen LogP contribution in [0.4, 0.5) is 5.69 Å². The van der Waals surface area contributed by atoms with Crippen LogP contribution in [0.2, 0.25) is 5.02 Å². The first-order valence-corrected chi connectivity index (χ1v) is 9.48. The van der Waals surface area contributed by atoms with Crippen LogP contribution in [0.1, 0.15) is 25.0 Å². The lowest BCUT2D eigenvalue weighted by Gasteiger charge is -2.13. The van der Waals surface area contributed by atoms with Crippen molar-refractivity contribution in [3.8, 4) is 11.5 Å². The number of benzene rings is 2. The molecule has 0 aliphatic rings. The van der Waals surface area contributed by atoms with Crippen molar-refractivity contribution >= 4 is 35.2 Å². The molecule has 2 aromatic rings. The summed E-state index contributed by atoms with van der Waals surface area (Å²) in [5.74, 6) is -0.167. The van der Waals surface area contributed by atoms with Crippen LogP contribution in [-0.4, -0.2) is 31.7 Å². The van der Waals surface area contributed by atoms with E-state index >= 15 is 0 Å². The van der Waals surface area contributed by atoms with Gasteiger partial charge >= 0.3 is 5.97 Å². The number of halogens is 1. The zero-order valence-corrected chi connectivity index (χ0v) is 17.6. The van der Waals surface area contributed by atoms with Crippen LogP contribution in [0, 0.1) is 6.92 Å². The lowest BCUT2D eigenvalue weighted by Crippen LogP contribution is -2.29. The highest BCUT2D eigenvalue weighted by Gasteiger charge is 2.17. The average molecular weight is 418 g/mol. The summed E-state index contributed by atoms with van der Waals surface area (Å²) < 4.78 is 15.9. The summed E-state index contributed by atoms with van der Waals surface area (Å²) in [6, 6.07) is 10.7. The fourth-order valence-electron chi connectivity index (χ4n) is 2.46. The second-order valence-corrected chi connectivity index (χ2v) is 6.64. The van der Waals surface area contributed by atoms with Gasteiger partial charge in [0.05, 0.1) is 18.7 Å². The molecule has 0 bridgehead atoms. The molecule has 0 aliphatic carbocycles. The van der Waals surface area contributed by atoms with Crippen LogP contribution in [-0.2, 0) is 14.3 Å². The summed E-state index contributed by atoms with van der Waals surface area (Å²) in [4.78, 5) is 24.2. The van der Waals surface area contributed by atoms with Crippen molar-refractivity contribution in [2.75, 3.05) is 19.0 Å². The van der Waals surface area contributed by atoms with Crippen LogP contribution in [0.5, 0.6) is 11.5 Å². The Morgan fingerprint density at radius 2 is 1.90 bits per heavy atom. The number of amides is 1. The Labute approximate surface area is 175 Å². The van der Waals surface area contributed by atoms with E-state index < -0.39 is 18.0 Å². The number of anilines is 1. The molecule has 1 N–H and O–H groups in total. The molecule has 0 saturated heterocycles. The maximum atomic E-state index is 12.2. The third-order valence-electron chi connectivity index (χ3n) is 3.93. The van der Waals surface area contributed by atoms with Gasteiger partial charge in [-0.05, 0) is 56.7 Å². The number of nitrogens with one attached hydrogen (secondary N) is 1. The van der Waals surface area contributed by atoms with Crippen molar-refractivity contribution in [1.82, 2.24) is 0 Å². The first-order valence-electron chi connectivity index (χ1n) is 9.10. The fourth-order valence-corrected chi connectivity index (χ4v) is 2.75. The molecule has 0 spiro atoms. The van der Waals surface area contributed by atoms with E-state index in [2.05, 4.69) is 5.32 Å². The van der Waals surface area contributed by atoms with Crippen molar-refractivity contribution in [3.63, 3.8) is 0 Å². The van der Waals surface area contributed by atoms with Gasteiger partial charge in [-0.25, -0.2) is 4.79 Å². The zero-order valence-electron chi connectivity index (χ0n) is 16.8. The minimum absolute atomic E-state index is 0.359. The Bertz CT molecular complexity index is 893. The smallest absolute Gasteiger partial charge is 0.331 e. The highest BCUT2D eigenvalue weighted by Crippen LogP contribution is 2.36. The van der Waals surface area contributed by atoms with E-state index in [-0.39, 0.29) is 0 Å². The molecule has 6 nitrogen and oxygen atoms in total. The summed E-state index contributed by atoms with van der Waals surface area (Å²) in [7, 11) is 1.50. The number of aryl methyl sites for hydroxylation is 1. The van der Waals surface area contributed by atoms with Crippen LogP contribution in [0.15, 0.2) is 42.5 Å². The molecular formula is C22H24ClNO5. The summed E-state index contributed by atoms with van der Waals surface area (Å²) in [5.41, 5.74) is 2.35. The molecule has 0 heterocycles. The first kappa shape index (κ1) is 22.3. The molecule has 0 aliphatic heterocycles. The third kappa shape index (κ3) is 6.54. The predicted molar refractivity (Wildman–Crippen MR) is 114 cm³/mol. The van der Waals surface area contributed by atoms with E-state index in [4.69, 9.17) is 25.8 Å². The molecule has 29 heavy (non-hydrogen) atoms. The Morgan fingerprint density at radius 1 is 1.21 bits per heavy atom. The fraction of sp³-hybridized carbons (Fsp3) is 0.273. The minimum atomic E-state index is -0.952. The van der Waals surface area contributed by atoms with Crippen molar-refractivity contribution in [3.05, 3.63) is 58.6 Å². The topological polar surface area (TPSA) is 73.9 Å². The SMILES string of the molecule is CCOc1cc(/C=C/C(=O)O[C@@H](C)C(=O)Nc2ccc(C)cc2)cc(Cl)c1OC. The largest absolute Gasteiger partial charge is 0.491 e. The Morgan fingerprint density at radius 3 is 2.52 bits per heavy atom. The van der Waals surface area contributed by atoms with Gasteiger partial charge in [0.2, 0.25) is 0 Å². The number of esters is 1. The molecule has 1 atom stereocenters. The summed E-state index contributed by atoms with van der Waals surface area (Å²) in [6.45, 7) is 5.74. The number of hydrogen-bond acceptors (Lipinski definition) is 5. The van der Waals surface area contributed by atoms with Crippen molar-refractivity contribution in [2.24, 2.45) is 0 Å². The van der Waals surface area contributed by atoms with Gasteiger partial charge in [0.15, 0.2) is 17.6 Å². The lowest BCUT2D eigenvalue weighted by molar-refractivity contribution is -0.148. The molecular weight excluding hydrogens is 394 g/mol. The maximum Gasteiger partial charge on any atom is 0.331 e. The van der Waals surface area contributed by atoms with E-state index in [1.165, 1.54) is 26.2 Å². The van der Waals surface area contributed by atoms with Crippen LogP contribution in [0.3, 0.4) is 0 Å². The maximum absolute atomic E-state index is 12.2. The number of hydrogen-bond donors (Lipinski definition) is 1. The molecule has 0 aromatic heterocycles. The number of ether oxygens (including phenoxy) is 3. The second kappa shape index (κ2) is 10.5. The summed E-state index contributed by atoms with van der Waals surface area (Å²) >= 11 is 6.19. The monoisotopic (exact) mass is 417 g/mol. The average Bonchev–Trinajstić information content (AvgIpc) is 2.68. The molecule has 0 saturated carbocycles. The van der Waals surface area contributed by atoms with E-state index in [1.807, 2.05) is 26.0 Å². The molecule has 0 radical (unpaired) electrons. The molecule has 1 amide bonds. The summed E-state index contributed by atoms with van der Waals surface area (Å²) in [6.07, 6.45) is 1.80. The lowest BCUT2D eigenvalue weighted by atomic mass is 10.2. The first-order chi connectivity index (χ1) is 13.8. The Balaban J connectivity index is 1.99. The zero-order chi connectivity index (χ0) is 21.4. The number of rotatable bonds is 8. The molecule has 7 heteroatoms.